The molecule has 1 atom stereocenters. The van der Waals surface area contributed by atoms with Gasteiger partial charge in [-0.25, -0.2) is 4.39 Å². The Morgan fingerprint density at radius 3 is 1.91 bits per heavy atom. The standard InChI is InChI=1S/C32H54FNO/c1-3-5-6-7-9-30(33)25-35-32-23-22-31(34-24-32)21-20-29-18-16-28(17-19-29)15-14-27-12-10-26(8-4-2)11-13-27/h22-24,26-30H,3-21,25H2,1-2H3. The molecule has 200 valence electrons. The number of aryl methyl sites for hydroxylation is 1. The molecule has 1 heterocycles. The Balaban J connectivity index is 1.23. The number of aromatic nitrogens is 1. The van der Waals surface area contributed by atoms with Gasteiger partial charge in [0, 0.05) is 5.69 Å². The van der Waals surface area contributed by atoms with Gasteiger partial charge in [0.05, 0.1) is 6.20 Å². The van der Waals surface area contributed by atoms with Gasteiger partial charge in [-0.3, -0.25) is 4.98 Å². The highest BCUT2D eigenvalue weighted by molar-refractivity contribution is 5.20. The fourth-order valence-electron chi connectivity index (χ4n) is 6.56. The van der Waals surface area contributed by atoms with Gasteiger partial charge in [0.25, 0.3) is 0 Å². The van der Waals surface area contributed by atoms with Gasteiger partial charge in [0.1, 0.15) is 18.5 Å². The van der Waals surface area contributed by atoms with E-state index in [4.69, 9.17) is 4.74 Å². The number of alkyl halides is 1. The van der Waals surface area contributed by atoms with E-state index in [1.54, 1.807) is 6.20 Å². The van der Waals surface area contributed by atoms with Gasteiger partial charge in [-0.15, -0.1) is 0 Å². The van der Waals surface area contributed by atoms with Gasteiger partial charge in [-0.2, -0.15) is 0 Å². The van der Waals surface area contributed by atoms with Gasteiger partial charge >= 0.3 is 0 Å². The summed E-state index contributed by atoms with van der Waals surface area (Å²) in [6, 6.07) is 4.05. The summed E-state index contributed by atoms with van der Waals surface area (Å²) in [7, 11) is 0. The molecule has 35 heavy (non-hydrogen) atoms. The molecule has 1 aromatic heterocycles. The summed E-state index contributed by atoms with van der Waals surface area (Å²) in [4.78, 5) is 4.59. The highest BCUT2D eigenvalue weighted by Gasteiger charge is 2.24. The number of nitrogens with zero attached hydrogens (tertiary/aromatic N) is 1. The number of rotatable bonds is 16. The number of hydrogen-bond donors (Lipinski definition) is 0. The second-order valence-corrected chi connectivity index (χ2v) is 11.9. The van der Waals surface area contributed by atoms with Crippen molar-refractivity contribution in [3.8, 4) is 5.75 Å². The molecule has 0 aliphatic heterocycles. The third kappa shape index (κ3) is 11.2. The van der Waals surface area contributed by atoms with Crippen molar-refractivity contribution < 1.29 is 9.13 Å². The smallest absolute Gasteiger partial charge is 0.137 e. The van der Waals surface area contributed by atoms with E-state index in [0.29, 0.717) is 12.2 Å². The number of halogens is 1. The SMILES string of the molecule is CCCCCCC(F)COc1ccc(CCC2CCC(CCC3CCC(CCC)CC3)CC2)nc1. The van der Waals surface area contributed by atoms with Crippen molar-refractivity contribution in [3.63, 3.8) is 0 Å². The number of unbranched alkanes of at least 4 members (excludes halogenated alkanes) is 3. The third-order valence-electron chi connectivity index (χ3n) is 9.02. The fourth-order valence-corrected chi connectivity index (χ4v) is 6.56. The molecule has 2 nitrogen and oxygen atoms in total. The minimum absolute atomic E-state index is 0.149. The van der Waals surface area contributed by atoms with Gasteiger partial charge in [0.2, 0.25) is 0 Å². The lowest BCUT2D eigenvalue weighted by atomic mass is 9.74. The first-order valence-corrected chi connectivity index (χ1v) is 15.4. The van der Waals surface area contributed by atoms with Crippen LogP contribution in [-0.4, -0.2) is 17.8 Å². The zero-order valence-corrected chi connectivity index (χ0v) is 23.0. The van der Waals surface area contributed by atoms with Gasteiger partial charge in [-0.05, 0) is 55.1 Å². The normalized spacial score (nSPS) is 25.9. The molecule has 0 N–H and O–H groups in total. The molecule has 1 aromatic rings. The van der Waals surface area contributed by atoms with Crippen LogP contribution in [-0.2, 0) is 6.42 Å². The molecule has 3 heteroatoms. The third-order valence-corrected chi connectivity index (χ3v) is 9.02. The first-order chi connectivity index (χ1) is 17.2. The van der Waals surface area contributed by atoms with E-state index in [1.807, 2.05) is 6.07 Å². The van der Waals surface area contributed by atoms with E-state index in [9.17, 15) is 4.39 Å². The summed E-state index contributed by atoms with van der Waals surface area (Å²) < 4.78 is 19.6. The van der Waals surface area contributed by atoms with E-state index < -0.39 is 6.17 Å². The van der Waals surface area contributed by atoms with Crippen molar-refractivity contribution in [1.29, 1.82) is 0 Å². The molecule has 0 bridgehead atoms. The van der Waals surface area contributed by atoms with Crippen LogP contribution in [0.5, 0.6) is 5.75 Å². The fraction of sp³-hybridized carbons (Fsp3) is 0.844. The maximum Gasteiger partial charge on any atom is 0.137 e. The predicted octanol–water partition coefficient (Wildman–Crippen LogP) is 9.89. The van der Waals surface area contributed by atoms with Gasteiger partial charge in [0.15, 0.2) is 0 Å². The summed E-state index contributed by atoms with van der Waals surface area (Å²) in [5.74, 6) is 4.62. The van der Waals surface area contributed by atoms with Crippen LogP contribution in [0, 0.1) is 23.7 Å². The zero-order valence-electron chi connectivity index (χ0n) is 23.0. The average molecular weight is 488 g/mol. The Kier molecular flexibility index (Phi) is 13.5. The van der Waals surface area contributed by atoms with Crippen molar-refractivity contribution >= 4 is 0 Å². The predicted molar refractivity (Wildman–Crippen MR) is 147 cm³/mol. The van der Waals surface area contributed by atoms with E-state index in [1.165, 1.54) is 96.3 Å². The Morgan fingerprint density at radius 2 is 1.37 bits per heavy atom. The molecule has 0 spiro atoms. The van der Waals surface area contributed by atoms with E-state index in [2.05, 4.69) is 24.9 Å². The molecular formula is C32H54FNO. The molecule has 2 fully saturated rings. The molecule has 2 saturated carbocycles. The van der Waals surface area contributed by atoms with Crippen LogP contribution >= 0.6 is 0 Å². The first kappa shape index (κ1) is 28.5. The average Bonchev–Trinajstić information content (AvgIpc) is 2.90. The Hall–Kier alpha value is -1.12. The van der Waals surface area contributed by atoms with Crippen LogP contribution in [0.4, 0.5) is 4.39 Å². The summed E-state index contributed by atoms with van der Waals surface area (Å²) in [6.07, 6.45) is 25.8. The summed E-state index contributed by atoms with van der Waals surface area (Å²) in [5.41, 5.74) is 1.15. The minimum Gasteiger partial charge on any atom is -0.489 e. The second kappa shape index (κ2) is 16.6. The maximum absolute atomic E-state index is 14.0. The molecule has 3 rings (SSSR count). The molecule has 1 unspecified atom stereocenters. The van der Waals surface area contributed by atoms with Crippen LogP contribution in [0.2, 0.25) is 0 Å². The summed E-state index contributed by atoms with van der Waals surface area (Å²) in [6.45, 7) is 4.67. The van der Waals surface area contributed by atoms with Gasteiger partial charge in [-0.1, -0.05) is 117 Å². The van der Waals surface area contributed by atoms with Crippen molar-refractivity contribution in [1.82, 2.24) is 4.98 Å². The van der Waals surface area contributed by atoms with Crippen LogP contribution in [0.25, 0.3) is 0 Å². The summed E-state index contributed by atoms with van der Waals surface area (Å²) >= 11 is 0. The second-order valence-electron chi connectivity index (χ2n) is 11.9. The molecule has 0 radical (unpaired) electrons. The van der Waals surface area contributed by atoms with Crippen LogP contribution in [0.15, 0.2) is 18.3 Å². The zero-order chi connectivity index (χ0) is 24.7. The molecule has 2 aliphatic carbocycles. The molecular weight excluding hydrogens is 433 g/mol. The lowest BCUT2D eigenvalue weighted by Crippen LogP contribution is -2.18. The van der Waals surface area contributed by atoms with Gasteiger partial charge < -0.3 is 4.74 Å². The van der Waals surface area contributed by atoms with Crippen LogP contribution < -0.4 is 4.74 Å². The minimum atomic E-state index is -0.873. The number of ether oxygens (including phenoxy) is 1. The van der Waals surface area contributed by atoms with E-state index >= 15 is 0 Å². The molecule has 2 aliphatic rings. The molecule has 0 aromatic carbocycles. The maximum atomic E-state index is 14.0. The van der Waals surface area contributed by atoms with Crippen molar-refractivity contribution in [2.45, 2.75) is 142 Å². The van der Waals surface area contributed by atoms with Crippen molar-refractivity contribution in [3.05, 3.63) is 24.0 Å². The van der Waals surface area contributed by atoms with Crippen LogP contribution in [0.1, 0.15) is 135 Å². The lowest BCUT2D eigenvalue weighted by Gasteiger charge is -2.32. The Bertz CT molecular complexity index is 646. The Morgan fingerprint density at radius 1 is 0.771 bits per heavy atom. The van der Waals surface area contributed by atoms with Crippen molar-refractivity contribution in [2.75, 3.05) is 6.61 Å². The Labute approximate surface area is 216 Å². The topological polar surface area (TPSA) is 22.1 Å². The van der Waals surface area contributed by atoms with E-state index in [-0.39, 0.29) is 6.61 Å². The quantitative estimate of drug-likeness (QED) is 0.216. The van der Waals surface area contributed by atoms with Crippen LogP contribution in [0.3, 0.4) is 0 Å². The largest absolute Gasteiger partial charge is 0.489 e. The molecule has 0 amide bonds. The highest BCUT2D eigenvalue weighted by atomic mass is 19.1. The van der Waals surface area contributed by atoms with Crippen molar-refractivity contribution in [2.24, 2.45) is 23.7 Å². The van der Waals surface area contributed by atoms with E-state index in [0.717, 1.165) is 48.6 Å². The first-order valence-electron chi connectivity index (χ1n) is 15.4. The molecule has 0 saturated heterocycles. The highest BCUT2D eigenvalue weighted by Crippen LogP contribution is 2.38. The monoisotopic (exact) mass is 487 g/mol. The number of hydrogen-bond acceptors (Lipinski definition) is 2. The number of pyridine rings is 1. The summed E-state index contributed by atoms with van der Waals surface area (Å²) in [5, 5.41) is 0. The lowest BCUT2D eigenvalue weighted by molar-refractivity contribution is 0.183.